The van der Waals surface area contributed by atoms with E-state index in [-0.39, 0.29) is 24.1 Å². The van der Waals surface area contributed by atoms with E-state index in [2.05, 4.69) is 32.7 Å². The van der Waals surface area contributed by atoms with Gasteiger partial charge in [-0.15, -0.1) is 10.2 Å². The van der Waals surface area contributed by atoms with E-state index >= 15 is 0 Å². The van der Waals surface area contributed by atoms with Crippen LogP contribution in [0.1, 0.15) is 53.8 Å². The maximum Gasteiger partial charge on any atom is 0.286 e. The molecule has 1 aliphatic rings. The molecule has 2 N–H and O–H groups in total. The number of nitrogens with one attached hydrogen (secondary N) is 2. The van der Waals surface area contributed by atoms with Gasteiger partial charge in [-0.2, -0.15) is 0 Å². The molecule has 0 saturated carbocycles. The second-order valence-corrected chi connectivity index (χ2v) is 8.96. The van der Waals surface area contributed by atoms with Crippen LogP contribution >= 0.6 is 11.3 Å². The van der Waals surface area contributed by atoms with Gasteiger partial charge in [0.25, 0.3) is 5.91 Å². The largest absolute Gasteiger partial charge is 0.364 e. The van der Waals surface area contributed by atoms with Crippen LogP contribution in [0.3, 0.4) is 0 Å². The average Bonchev–Trinajstić information content (AvgIpc) is 3.07. The van der Waals surface area contributed by atoms with Crippen molar-refractivity contribution >= 4 is 28.8 Å². The number of rotatable bonds is 10. The van der Waals surface area contributed by atoms with Gasteiger partial charge in [0.05, 0.1) is 0 Å². The van der Waals surface area contributed by atoms with Crippen molar-refractivity contribution in [3.63, 3.8) is 0 Å². The van der Waals surface area contributed by atoms with Gasteiger partial charge in [0, 0.05) is 18.3 Å². The van der Waals surface area contributed by atoms with Gasteiger partial charge in [0.1, 0.15) is 24.0 Å². The van der Waals surface area contributed by atoms with E-state index in [9.17, 15) is 14.0 Å². The van der Waals surface area contributed by atoms with Crippen LogP contribution < -0.4 is 10.6 Å². The van der Waals surface area contributed by atoms with Crippen LogP contribution in [0.4, 0.5) is 10.1 Å². The fourth-order valence-electron chi connectivity index (χ4n) is 3.58. The van der Waals surface area contributed by atoms with Crippen molar-refractivity contribution in [1.29, 1.82) is 0 Å². The number of ether oxygens (including phenoxy) is 1. The summed E-state index contributed by atoms with van der Waals surface area (Å²) in [4.78, 5) is 26.7. The van der Waals surface area contributed by atoms with Gasteiger partial charge in [-0.1, -0.05) is 30.2 Å². The number of halogens is 1. The molecule has 2 amide bonds. The van der Waals surface area contributed by atoms with Crippen molar-refractivity contribution in [3.8, 4) is 0 Å². The van der Waals surface area contributed by atoms with Crippen molar-refractivity contribution in [3.05, 3.63) is 40.1 Å². The van der Waals surface area contributed by atoms with E-state index in [0.29, 0.717) is 23.3 Å². The fraction of sp³-hybridized carbons (Fsp3) is 0.545. The van der Waals surface area contributed by atoms with E-state index in [0.717, 1.165) is 30.8 Å². The molecule has 3 rings (SSSR count). The second-order valence-electron chi connectivity index (χ2n) is 7.90. The van der Waals surface area contributed by atoms with Crippen molar-refractivity contribution in [1.82, 2.24) is 20.4 Å². The van der Waals surface area contributed by atoms with Crippen molar-refractivity contribution < 1.29 is 18.7 Å². The highest BCUT2D eigenvalue weighted by molar-refractivity contribution is 7.13. The Morgan fingerprint density at radius 2 is 2.00 bits per heavy atom. The zero-order chi connectivity index (χ0) is 22.8. The van der Waals surface area contributed by atoms with Crippen molar-refractivity contribution in [2.45, 2.75) is 51.7 Å². The number of nitrogens with zero attached hydrogens (tertiary/aromatic N) is 3. The maximum atomic E-state index is 13.2. The predicted molar refractivity (Wildman–Crippen MR) is 121 cm³/mol. The number of aromatic nitrogens is 2. The third-order valence-corrected chi connectivity index (χ3v) is 6.25. The summed E-state index contributed by atoms with van der Waals surface area (Å²) in [7, 11) is 0. The molecule has 0 spiro atoms. The molecule has 1 aromatic carbocycles. The number of anilines is 1. The molecule has 2 heterocycles. The molecule has 1 saturated heterocycles. The van der Waals surface area contributed by atoms with Crippen molar-refractivity contribution in [2.75, 3.05) is 31.6 Å². The van der Waals surface area contributed by atoms with E-state index in [1.54, 1.807) is 6.07 Å². The normalized spacial score (nSPS) is 15.7. The topological polar surface area (TPSA) is 96.5 Å². The minimum absolute atomic E-state index is 0.0809. The number of hydrogen-bond donors (Lipinski definition) is 2. The summed E-state index contributed by atoms with van der Waals surface area (Å²) in [5.74, 6) is -1.10. The van der Waals surface area contributed by atoms with Crippen LogP contribution in [0, 0.1) is 5.82 Å². The summed E-state index contributed by atoms with van der Waals surface area (Å²) >= 11 is 1.07. The first-order valence-electron chi connectivity index (χ1n) is 11.0. The summed E-state index contributed by atoms with van der Waals surface area (Å²) in [5, 5.41) is 13.8. The first kappa shape index (κ1) is 24.2. The van der Waals surface area contributed by atoms with Gasteiger partial charge in [-0.25, -0.2) is 4.39 Å². The Morgan fingerprint density at radius 1 is 1.22 bits per heavy atom. The Bertz CT molecular complexity index is 886. The Kier molecular flexibility index (Phi) is 9.51. The van der Waals surface area contributed by atoms with Gasteiger partial charge in [0.15, 0.2) is 0 Å². The molecule has 10 heteroatoms. The van der Waals surface area contributed by atoms with E-state index in [1.807, 2.05) is 0 Å². The van der Waals surface area contributed by atoms with Crippen LogP contribution in [0.5, 0.6) is 0 Å². The summed E-state index contributed by atoms with van der Waals surface area (Å²) in [6.45, 7) is 5.12. The molecule has 1 aromatic heterocycles. The number of carbonyl (C=O) groups is 2. The first-order chi connectivity index (χ1) is 15.5. The summed E-state index contributed by atoms with van der Waals surface area (Å²) in [6.07, 6.45) is 6.04. The third kappa shape index (κ3) is 7.92. The molecular weight excluding hydrogens is 433 g/mol. The van der Waals surface area contributed by atoms with E-state index in [1.165, 1.54) is 43.9 Å². The molecule has 1 aliphatic heterocycles. The Balaban J connectivity index is 1.32. The molecule has 0 aliphatic carbocycles. The number of carbonyl (C=O) groups excluding carboxylic acids is 2. The van der Waals surface area contributed by atoms with Gasteiger partial charge < -0.3 is 20.3 Å². The van der Waals surface area contributed by atoms with Gasteiger partial charge in [-0.3, -0.25) is 9.59 Å². The summed E-state index contributed by atoms with van der Waals surface area (Å²) in [6, 6.07) is 6.05. The van der Waals surface area contributed by atoms with Gasteiger partial charge >= 0.3 is 0 Å². The molecule has 0 radical (unpaired) electrons. The standard InChI is InChI=1S/C22H30FN5O3S/c1-16(28-11-4-2-3-5-12-28)9-10-24-19(29)14-31-15-20-26-27-22(32-20)21(30)25-18-8-6-7-17(23)13-18/h6-8,13,16H,2-5,9-12,14-15H2,1H3,(H,24,29)(H,25,30)/t16-/m0/s1. The Morgan fingerprint density at radius 3 is 2.75 bits per heavy atom. The smallest absolute Gasteiger partial charge is 0.286 e. The fourth-order valence-corrected chi connectivity index (χ4v) is 4.25. The number of likely N-dealkylation sites (tertiary alicyclic amines) is 1. The van der Waals surface area contributed by atoms with Gasteiger partial charge in [-0.05, 0) is 57.5 Å². The molecular formula is C22H30FN5O3S. The van der Waals surface area contributed by atoms with Crippen molar-refractivity contribution in [2.24, 2.45) is 0 Å². The number of benzene rings is 1. The minimum atomic E-state index is -0.476. The van der Waals surface area contributed by atoms with Gasteiger partial charge in [0.2, 0.25) is 10.9 Å². The molecule has 32 heavy (non-hydrogen) atoms. The molecule has 2 aromatic rings. The first-order valence-corrected chi connectivity index (χ1v) is 11.8. The number of hydrogen-bond acceptors (Lipinski definition) is 7. The molecule has 0 bridgehead atoms. The lowest BCUT2D eigenvalue weighted by atomic mass is 10.2. The zero-order valence-electron chi connectivity index (χ0n) is 18.3. The van der Waals surface area contributed by atoms with Crippen LogP contribution in [0.25, 0.3) is 0 Å². The zero-order valence-corrected chi connectivity index (χ0v) is 19.1. The monoisotopic (exact) mass is 463 g/mol. The predicted octanol–water partition coefficient (Wildman–Crippen LogP) is 3.22. The highest BCUT2D eigenvalue weighted by atomic mass is 32.1. The third-order valence-electron chi connectivity index (χ3n) is 5.35. The average molecular weight is 464 g/mol. The molecule has 174 valence electrons. The SMILES string of the molecule is C[C@@H](CCNC(=O)COCc1nnc(C(=O)Nc2cccc(F)c2)s1)N1CCCCCC1. The van der Waals surface area contributed by atoms with Crippen LogP contribution in [-0.4, -0.2) is 59.2 Å². The second kappa shape index (κ2) is 12.6. The lowest BCUT2D eigenvalue weighted by molar-refractivity contribution is -0.126. The molecule has 1 atom stereocenters. The molecule has 1 fully saturated rings. The summed E-state index contributed by atoms with van der Waals surface area (Å²) < 4.78 is 18.6. The van der Waals surface area contributed by atoms with E-state index < -0.39 is 11.7 Å². The lowest BCUT2D eigenvalue weighted by Gasteiger charge is -2.27. The molecule has 0 unspecified atom stereocenters. The lowest BCUT2D eigenvalue weighted by Crippen LogP contribution is -2.37. The minimum Gasteiger partial charge on any atom is -0.364 e. The summed E-state index contributed by atoms with van der Waals surface area (Å²) in [5.41, 5.74) is 0.338. The molecule has 8 nitrogen and oxygen atoms in total. The van der Waals surface area contributed by atoms with Crippen LogP contribution in [0.2, 0.25) is 0 Å². The van der Waals surface area contributed by atoms with Crippen LogP contribution in [-0.2, 0) is 16.1 Å². The number of amides is 2. The highest BCUT2D eigenvalue weighted by Crippen LogP contribution is 2.15. The Labute approximate surface area is 191 Å². The Hall–Kier alpha value is -2.43. The highest BCUT2D eigenvalue weighted by Gasteiger charge is 2.16. The quantitative estimate of drug-likeness (QED) is 0.562. The maximum absolute atomic E-state index is 13.2. The van der Waals surface area contributed by atoms with Crippen LogP contribution in [0.15, 0.2) is 24.3 Å². The van der Waals surface area contributed by atoms with E-state index in [4.69, 9.17) is 4.74 Å².